The average Bonchev–Trinajstić information content (AvgIpc) is 3.36. The van der Waals surface area contributed by atoms with E-state index in [9.17, 15) is 18.8 Å². The van der Waals surface area contributed by atoms with Gasteiger partial charge in [-0.2, -0.15) is 5.10 Å². The number of ether oxygens (including phenoxy) is 1. The molecule has 0 spiro atoms. The van der Waals surface area contributed by atoms with Crippen LogP contribution in [0.4, 0.5) is 13.6 Å². The summed E-state index contributed by atoms with van der Waals surface area (Å²) < 4.78 is 36.4. The van der Waals surface area contributed by atoms with Crippen molar-refractivity contribution in [2.24, 2.45) is 0 Å². The largest absolute Gasteiger partial charge is 0.414 e. The van der Waals surface area contributed by atoms with Crippen LogP contribution in [0.15, 0.2) is 59.5 Å². The number of rotatable bonds is 4. The molecule has 0 saturated carbocycles. The number of hydrogen-bond acceptors (Lipinski definition) is 5. The predicted molar refractivity (Wildman–Crippen MR) is 126 cm³/mol. The van der Waals surface area contributed by atoms with E-state index in [1.807, 2.05) is 6.07 Å². The number of halogens is 2. The van der Waals surface area contributed by atoms with Crippen LogP contribution in [0.5, 0.6) is 5.75 Å². The zero-order valence-corrected chi connectivity index (χ0v) is 19.7. The Labute approximate surface area is 205 Å². The lowest BCUT2D eigenvalue weighted by Crippen LogP contribution is -2.51. The minimum absolute atomic E-state index is 0.102. The molecule has 0 radical (unpaired) electrons. The molecule has 0 aliphatic carbocycles. The Balaban J connectivity index is 1.78. The van der Waals surface area contributed by atoms with Crippen LogP contribution in [-0.4, -0.2) is 58.3 Å². The zero-order valence-electron chi connectivity index (χ0n) is 19.7. The summed E-state index contributed by atoms with van der Waals surface area (Å²) in [5, 5.41) is 4.28. The summed E-state index contributed by atoms with van der Waals surface area (Å²) >= 11 is 0. The summed E-state index contributed by atoms with van der Waals surface area (Å²) in [5.41, 5.74) is -0.120. The Hall–Kier alpha value is -4.08. The van der Waals surface area contributed by atoms with E-state index in [1.165, 1.54) is 30.9 Å². The fraction of sp³-hybridized carbons (Fsp3) is 0.308. The fourth-order valence-electron chi connectivity index (χ4n) is 5.19. The maximum Gasteiger partial charge on any atom is 0.414 e. The molecule has 8 nitrogen and oxygen atoms in total. The molecule has 1 unspecified atom stereocenters. The first-order valence-corrected chi connectivity index (χ1v) is 11.6. The quantitative estimate of drug-likeness (QED) is 0.554. The third-order valence-electron chi connectivity index (χ3n) is 6.78. The highest BCUT2D eigenvalue weighted by Crippen LogP contribution is 2.46. The summed E-state index contributed by atoms with van der Waals surface area (Å²) in [5.74, 6) is -3.67. The van der Waals surface area contributed by atoms with Crippen molar-refractivity contribution in [2.75, 3.05) is 20.6 Å². The highest BCUT2D eigenvalue weighted by atomic mass is 19.2. The van der Waals surface area contributed by atoms with E-state index < -0.39 is 52.8 Å². The number of carbonyl (C=O) groups is 2. The van der Waals surface area contributed by atoms with Crippen LogP contribution < -0.4 is 10.2 Å². The molecule has 0 N–H and O–H groups in total. The first-order valence-electron chi connectivity index (χ1n) is 11.6. The van der Waals surface area contributed by atoms with Gasteiger partial charge in [0.05, 0.1) is 18.3 Å². The van der Waals surface area contributed by atoms with Gasteiger partial charge in [0, 0.05) is 32.1 Å². The second-order valence-corrected chi connectivity index (χ2v) is 9.12. The Morgan fingerprint density at radius 1 is 1.11 bits per heavy atom. The molecule has 2 aliphatic heterocycles. The number of nitrogens with zero attached hydrogens (tertiary/aromatic N) is 4. The Morgan fingerprint density at radius 3 is 2.58 bits per heavy atom. The number of aromatic nitrogens is 2. The van der Waals surface area contributed by atoms with Crippen LogP contribution in [0.3, 0.4) is 0 Å². The van der Waals surface area contributed by atoms with Crippen molar-refractivity contribution < 1.29 is 23.1 Å². The lowest BCUT2D eigenvalue weighted by Gasteiger charge is -2.42. The Bertz CT molecular complexity index is 1390. The normalized spacial score (nSPS) is 19.4. The van der Waals surface area contributed by atoms with Crippen LogP contribution in [0.1, 0.15) is 46.4 Å². The van der Waals surface area contributed by atoms with Gasteiger partial charge in [-0.15, -0.1) is 0 Å². The molecule has 2 aromatic carbocycles. The van der Waals surface area contributed by atoms with Gasteiger partial charge in [-0.25, -0.2) is 18.3 Å². The third kappa shape index (κ3) is 3.82. The minimum atomic E-state index is -0.991. The SMILES string of the molecule is CN(C)C(=O)Oc1c2n(ncc1=O)[C@@H](C(c1ccccc1)c1cccc(F)c1F)[C@H]1CCCN1C2=O. The molecule has 0 bridgehead atoms. The predicted octanol–water partition coefficient (Wildman–Crippen LogP) is 3.57. The highest BCUT2D eigenvalue weighted by Gasteiger charge is 2.49. The number of amides is 2. The van der Waals surface area contributed by atoms with Crippen molar-refractivity contribution in [1.82, 2.24) is 19.6 Å². The molecule has 186 valence electrons. The topological polar surface area (TPSA) is 84.7 Å². The summed E-state index contributed by atoms with van der Waals surface area (Å²) in [6.07, 6.45) is 1.45. The number of hydrogen-bond donors (Lipinski definition) is 0. The van der Waals surface area contributed by atoms with Gasteiger partial charge < -0.3 is 14.5 Å². The molecule has 5 rings (SSSR count). The molecule has 1 fully saturated rings. The van der Waals surface area contributed by atoms with Crippen molar-refractivity contribution >= 4 is 12.0 Å². The molecule has 2 amide bonds. The lowest BCUT2D eigenvalue weighted by molar-refractivity contribution is 0.0563. The van der Waals surface area contributed by atoms with E-state index in [2.05, 4.69) is 5.10 Å². The first-order chi connectivity index (χ1) is 17.3. The van der Waals surface area contributed by atoms with Gasteiger partial charge in [0.25, 0.3) is 5.91 Å². The Morgan fingerprint density at radius 2 is 1.86 bits per heavy atom. The second kappa shape index (κ2) is 9.18. The maximum absolute atomic E-state index is 15.3. The van der Waals surface area contributed by atoms with Gasteiger partial charge in [0.2, 0.25) is 11.2 Å². The smallest absolute Gasteiger partial charge is 0.403 e. The van der Waals surface area contributed by atoms with Crippen molar-refractivity contribution in [3.05, 3.63) is 93.4 Å². The van der Waals surface area contributed by atoms with E-state index in [4.69, 9.17) is 4.74 Å². The summed E-state index contributed by atoms with van der Waals surface area (Å²) in [6, 6.07) is 11.9. The summed E-state index contributed by atoms with van der Waals surface area (Å²) in [7, 11) is 2.90. The maximum atomic E-state index is 15.3. The van der Waals surface area contributed by atoms with Gasteiger partial charge in [0.15, 0.2) is 17.3 Å². The van der Waals surface area contributed by atoms with Crippen LogP contribution >= 0.6 is 0 Å². The molecule has 3 atom stereocenters. The summed E-state index contributed by atoms with van der Waals surface area (Å²) in [4.78, 5) is 41.4. The lowest BCUT2D eigenvalue weighted by atomic mass is 9.79. The van der Waals surface area contributed by atoms with Crippen LogP contribution in [0.2, 0.25) is 0 Å². The van der Waals surface area contributed by atoms with Gasteiger partial charge in [0.1, 0.15) is 0 Å². The fourth-order valence-corrected chi connectivity index (χ4v) is 5.19. The Kier molecular flexibility index (Phi) is 6.03. The van der Waals surface area contributed by atoms with Crippen molar-refractivity contribution in [3.8, 4) is 5.75 Å². The zero-order chi connectivity index (χ0) is 25.6. The molecular weight excluding hydrogens is 470 g/mol. The van der Waals surface area contributed by atoms with Crippen molar-refractivity contribution in [2.45, 2.75) is 30.8 Å². The van der Waals surface area contributed by atoms with Gasteiger partial charge in [-0.1, -0.05) is 42.5 Å². The molecule has 1 saturated heterocycles. The van der Waals surface area contributed by atoms with E-state index >= 15 is 4.39 Å². The van der Waals surface area contributed by atoms with Crippen LogP contribution in [0.25, 0.3) is 0 Å². The van der Waals surface area contributed by atoms with Crippen LogP contribution in [0, 0.1) is 11.6 Å². The van der Waals surface area contributed by atoms with Gasteiger partial charge in [-0.3, -0.25) is 9.59 Å². The second-order valence-electron chi connectivity index (χ2n) is 9.12. The third-order valence-corrected chi connectivity index (χ3v) is 6.78. The van der Waals surface area contributed by atoms with E-state index in [0.717, 1.165) is 17.2 Å². The first kappa shape index (κ1) is 23.7. The van der Waals surface area contributed by atoms with Crippen molar-refractivity contribution in [1.29, 1.82) is 0 Å². The van der Waals surface area contributed by atoms with Gasteiger partial charge in [-0.05, 0) is 24.5 Å². The standard InChI is InChI=1S/C26H24F2N4O4/c1-30(2)26(35)36-24-19(33)14-29-32-22(18-12-7-13-31(18)25(34)23(24)32)20(15-8-4-3-5-9-15)16-10-6-11-17(27)21(16)28/h3-6,8-11,14,18,20,22H,7,12-13H2,1-2H3/t18-,20?,22-/m1/s1. The monoisotopic (exact) mass is 494 g/mol. The minimum Gasteiger partial charge on any atom is -0.403 e. The van der Waals surface area contributed by atoms with E-state index in [1.54, 1.807) is 29.2 Å². The summed E-state index contributed by atoms with van der Waals surface area (Å²) in [6.45, 7) is 0.414. The molecule has 3 heterocycles. The number of fused-ring (bicyclic) bond motifs is 2. The van der Waals surface area contributed by atoms with Gasteiger partial charge >= 0.3 is 6.09 Å². The average molecular weight is 494 g/mol. The number of benzene rings is 2. The molecular formula is C26H24F2N4O4. The molecule has 36 heavy (non-hydrogen) atoms. The highest BCUT2D eigenvalue weighted by molar-refractivity contribution is 5.97. The molecule has 2 aliphatic rings. The van der Waals surface area contributed by atoms with Crippen LogP contribution in [-0.2, 0) is 0 Å². The number of carbonyl (C=O) groups excluding carboxylic acids is 2. The van der Waals surface area contributed by atoms with E-state index in [-0.39, 0.29) is 11.3 Å². The van der Waals surface area contributed by atoms with E-state index in [0.29, 0.717) is 24.9 Å². The molecule has 3 aromatic rings. The molecule has 10 heteroatoms. The molecule has 1 aromatic heterocycles. The van der Waals surface area contributed by atoms with Crippen molar-refractivity contribution in [3.63, 3.8) is 0 Å².